The largest absolute Gasteiger partial charge is 0.513 e. The molecular weight excluding hydrogens is 534 g/mol. The minimum Gasteiger partial charge on any atom is -0.480 e. The van der Waals surface area contributed by atoms with Crippen molar-refractivity contribution in [3.8, 4) is 11.5 Å². The third-order valence-corrected chi connectivity index (χ3v) is 6.88. The van der Waals surface area contributed by atoms with E-state index >= 15 is 0 Å². The number of carboxylic acid groups (broad SMARTS) is 1. The van der Waals surface area contributed by atoms with E-state index in [0.29, 0.717) is 12.0 Å². The van der Waals surface area contributed by atoms with Crippen LogP contribution in [0.5, 0.6) is 11.5 Å². The lowest BCUT2D eigenvalue weighted by Crippen LogP contribution is -2.40. The predicted octanol–water partition coefficient (Wildman–Crippen LogP) is 6.06. The molecule has 0 radical (unpaired) electrons. The zero-order valence-corrected chi connectivity index (χ0v) is 25.2. The highest BCUT2D eigenvalue weighted by Gasteiger charge is 2.33. The Morgan fingerprint density at radius 2 is 1.37 bits per heavy atom. The van der Waals surface area contributed by atoms with Gasteiger partial charge in [0.05, 0.1) is 19.8 Å². The Labute approximate surface area is 243 Å². The van der Waals surface area contributed by atoms with Crippen molar-refractivity contribution in [3.05, 3.63) is 23.8 Å². The van der Waals surface area contributed by atoms with Gasteiger partial charge in [-0.05, 0) is 41.9 Å². The average Bonchev–Trinajstić information content (AvgIpc) is 2.94. The second-order valence-corrected chi connectivity index (χ2v) is 10.6. The minimum atomic E-state index is -1.37. The minimum absolute atomic E-state index is 0.0655. The molecule has 0 aliphatic rings. The summed E-state index contributed by atoms with van der Waals surface area (Å²) in [5, 5.41) is 9.72. The SMILES string of the molecule is CCCCCC(=O)OCC(C)C(c1ccc(OC(=O)OCC(C)CC)c(OC(=O)OCC(C)CC)c1)[C@H](N)C(=O)O. The van der Waals surface area contributed by atoms with Crippen molar-refractivity contribution in [2.24, 2.45) is 23.5 Å². The molecule has 0 spiro atoms. The summed E-state index contributed by atoms with van der Waals surface area (Å²) in [6.45, 7) is 11.7. The topological polar surface area (TPSA) is 161 Å². The Morgan fingerprint density at radius 1 is 0.805 bits per heavy atom. The summed E-state index contributed by atoms with van der Waals surface area (Å²) >= 11 is 0. The van der Waals surface area contributed by atoms with E-state index in [-0.39, 0.29) is 55.5 Å². The summed E-state index contributed by atoms with van der Waals surface area (Å²) in [7, 11) is 0. The van der Waals surface area contributed by atoms with Crippen LogP contribution < -0.4 is 15.2 Å². The summed E-state index contributed by atoms with van der Waals surface area (Å²) in [4.78, 5) is 48.9. The number of nitrogens with two attached hydrogens (primary N) is 1. The first-order valence-electron chi connectivity index (χ1n) is 14.4. The molecule has 0 bridgehead atoms. The molecule has 0 aliphatic heterocycles. The van der Waals surface area contributed by atoms with Gasteiger partial charge in [-0.3, -0.25) is 9.59 Å². The van der Waals surface area contributed by atoms with Gasteiger partial charge >= 0.3 is 24.2 Å². The number of aliphatic carboxylic acids is 1. The molecule has 3 N–H and O–H groups in total. The van der Waals surface area contributed by atoms with Gasteiger partial charge in [-0.1, -0.05) is 73.3 Å². The summed E-state index contributed by atoms with van der Waals surface area (Å²) in [5.74, 6) is -3.08. The third kappa shape index (κ3) is 13.2. The fraction of sp³-hybridized carbons (Fsp3) is 0.667. The molecule has 11 nitrogen and oxygen atoms in total. The molecule has 0 saturated heterocycles. The predicted molar refractivity (Wildman–Crippen MR) is 152 cm³/mol. The molecule has 1 rings (SSSR count). The molecule has 0 fully saturated rings. The van der Waals surface area contributed by atoms with Crippen molar-refractivity contribution in [3.63, 3.8) is 0 Å². The van der Waals surface area contributed by atoms with Gasteiger partial charge in [0.1, 0.15) is 6.04 Å². The molecule has 0 aromatic heterocycles. The Hall–Kier alpha value is -3.34. The number of carboxylic acids is 1. The van der Waals surface area contributed by atoms with Gasteiger partial charge in [-0.15, -0.1) is 0 Å². The number of hydrogen-bond acceptors (Lipinski definition) is 10. The van der Waals surface area contributed by atoms with Gasteiger partial charge in [-0.2, -0.15) is 0 Å². The molecule has 5 atom stereocenters. The first-order valence-corrected chi connectivity index (χ1v) is 14.4. The maximum absolute atomic E-state index is 12.5. The monoisotopic (exact) mass is 581 g/mol. The highest BCUT2D eigenvalue weighted by Crippen LogP contribution is 2.36. The zero-order chi connectivity index (χ0) is 30.9. The van der Waals surface area contributed by atoms with Crippen molar-refractivity contribution in [2.45, 2.75) is 92.0 Å². The molecule has 0 heterocycles. The van der Waals surface area contributed by atoms with Crippen molar-refractivity contribution in [1.29, 1.82) is 0 Å². The lowest BCUT2D eigenvalue weighted by atomic mass is 9.82. The van der Waals surface area contributed by atoms with E-state index in [0.717, 1.165) is 25.7 Å². The van der Waals surface area contributed by atoms with E-state index in [9.17, 15) is 24.3 Å². The number of carbonyl (C=O) groups is 4. The molecule has 0 aliphatic carbocycles. The number of ether oxygens (including phenoxy) is 5. The summed E-state index contributed by atoms with van der Waals surface area (Å²) < 4.78 is 26.4. The zero-order valence-electron chi connectivity index (χ0n) is 25.2. The number of unbranched alkanes of at least 4 members (excludes halogenated alkanes) is 2. The van der Waals surface area contributed by atoms with Crippen molar-refractivity contribution < 1.29 is 48.0 Å². The lowest BCUT2D eigenvalue weighted by Gasteiger charge is -2.28. The maximum atomic E-state index is 12.5. The van der Waals surface area contributed by atoms with Crippen LogP contribution in [-0.2, 0) is 23.8 Å². The molecule has 1 aromatic carbocycles. The van der Waals surface area contributed by atoms with Gasteiger partial charge in [0.25, 0.3) is 0 Å². The van der Waals surface area contributed by atoms with Crippen LogP contribution in [0, 0.1) is 17.8 Å². The molecule has 1 aromatic rings. The van der Waals surface area contributed by atoms with Crippen molar-refractivity contribution in [2.75, 3.05) is 19.8 Å². The van der Waals surface area contributed by atoms with Gasteiger partial charge in [0.2, 0.25) is 0 Å². The maximum Gasteiger partial charge on any atom is 0.513 e. The number of benzene rings is 1. The Kier molecular flexibility index (Phi) is 16.5. The molecule has 0 amide bonds. The lowest BCUT2D eigenvalue weighted by molar-refractivity contribution is -0.145. The summed E-state index contributed by atoms with van der Waals surface area (Å²) in [6, 6.07) is 2.87. The molecule has 4 unspecified atom stereocenters. The fourth-order valence-corrected chi connectivity index (χ4v) is 3.75. The van der Waals surface area contributed by atoms with Crippen LogP contribution in [0.25, 0.3) is 0 Å². The number of rotatable bonds is 18. The highest BCUT2D eigenvalue weighted by molar-refractivity contribution is 5.75. The van der Waals surface area contributed by atoms with Crippen LogP contribution in [-0.4, -0.2) is 55.2 Å². The molecule has 41 heavy (non-hydrogen) atoms. The first kappa shape index (κ1) is 35.7. The Bertz CT molecular complexity index is 982. The van der Waals surface area contributed by atoms with E-state index in [2.05, 4.69) is 0 Å². The van der Waals surface area contributed by atoms with E-state index in [1.54, 1.807) is 6.92 Å². The van der Waals surface area contributed by atoms with E-state index < -0.39 is 36.2 Å². The van der Waals surface area contributed by atoms with Crippen LogP contribution in [0.1, 0.15) is 91.5 Å². The van der Waals surface area contributed by atoms with Gasteiger partial charge in [-0.25, -0.2) is 9.59 Å². The molecule has 0 saturated carbocycles. The smallest absolute Gasteiger partial charge is 0.480 e. The van der Waals surface area contributed by atoms with Crippen molar-refractivity contribution in [1.82, 2.24) is 0 Å². The van der Waals surface area contributed by atoms with Crippen LogP contribution in [0.2, 0.25) is 0 Å². The first-order chi connectivity index (χ1) is 19.4. The number of carbonyl (C=O) groups excluding carboxylic acids is 3. The van der Waals surface area contributed by atoms with Gasteiger partial charge < -0.3 is 34.5 Å². The standard InChI is InChI=1S/C30H47NO10/c1-7-10-11-12-25(32)37-18-21(6)26(27(31)28(33)34)22-13-14-23(40-29(35)38-16-19(4)8-2)24(15-22)41-30(36)39-17-20(5)9-3/h13-15,19-21,26-27H,7-12,16-18,31H2,1-6H3,(H,33,34)/t19?,20?,21?,26?,27-/m0/s1. The van der Waals surface area contributed by atoms with Gasteiger partial charge in [0.15, 0.2) is 11.5 Å². The highest BCUT2D eigenvalue weighted by atomic mass is 16.7. The number of hydrogen-bond donors (Lipinski definition) is 2. The Balaban J connectivity index is 3.26. The second-order valence-electron chi connectivity index (χ2n) is 10.6. The van der Waals surface area contributed by atoms with Crippen LogP contribution in [0.15, 0.2) is 18.2 Å². The molecule has 232 valence electrons. The average molecular weight is 582 g/mol. The Morgan fingerprint density at radius 3 is 1.88 bits per heavy atom. The molecular formula is C30H47NO10. The van der Waals surface area contributed by atoms with E-state index in [4.69, 9.17) is 29.4 Å². The third-order valence-electron chi connectivity index (χ3n) is 6.88. The summed E-state index contributed by atoms with van der Waals surface area (Å²) in [6.07, 6.45) is 2.42. The normalized spacial score (nSPS) is 14.6. The number of esters is 1. The fourth-order valence-electron chi connectivity index (χ4n) is 3.75. The van der Waals surface area contributed by atoms with E-state index in [1.165, 1.54) is 18.2 Å². The van der Waals surface area contributed by atoms with Crippen LogP contribution in [0.4, 0.5) is 9.59 Å². The van der Waals surface area contributed by atoms with Crippen molar-refractivity contribution >= 4 is 24.2 Å². The molecule has 11 heteroatoms. The summed E-state index contributed by atoms with van der Waals surface area (Å²) in [5.41, 5.74) is 6.44. The van der Waals surface area contributed by atoms with Gasteiger partial charge in [0, 0.05) is 12.3 Å². The second kappa shape index (κ2) is 18.9. The van der Waals surface area contributed by atoms with E-state index in [1.807, 2.05) is 34.6 Å². The van der Waals surface area contributed by atoms with Crippen LogP contribution in [0.3, 0.4) is 0 Å². The quantitative estimate of drug-likeness (QED) is 0.0896. The van der Waals surface area contributed by atoms with Crippen LogP contribution >= 0.6 is 0 Å².